The van der Waals surface area contributed by atoms with Crippen LogP contribution in [0.1, 0.15) is 79.1 Å². The second kappa shape index (κ2) is 10.6. The molecule has 1 N–H and O–H groups in total. The van der Waals surface area contributed by atoms with E-state index in [1.807, 2.05) is 0 Å². The fraction of sp³-hybridized carbons (Fsp3) is 0.909. The monoisotopic (exact) mass is 397 g/mol. The number of methoxy groups -OCH3 is 1. The van der Waals surface area contributed by atoms with Crippen LogP contribution in [0.4, 0.5) is 0 Å². The summed E-state index contributed by atoms with van der Waals surface area (Å²) in [6.45, 7) is 8.06. The second-order valence-corrected chi connectivity index (χ2v) is 9.56. The molecule has 0 radical (unpaired) electrons. The Hall–Kier alpha value is -1.14. The predicted octanol–water partition coefficient (Wildman–Crippen LogP) is 3.61. The average Bonchev–Trinajstić information content (AvgIpc) is 2.61. The normalized spacial score (nSPS) is 27.8. The van der Waals surface area contributed by atoms with Crippen LogP contribution in [-0.4, -0.2) is 49.9 Å². The minimum absolute atomic E-state index is 0.0231. The summed E-state index contributed by atoms with van der Waals surface area (Å²) in [5.74, 6) is 0.103. The smallest absolute Gasteiger partial charge is 0.302 e. The molecule has 162 valence electrons. The van der Waals surface area contributed by atoms with Crippen molar-refractivity contribution >= 4 is 11.9 Å². The van der Waals surface area contributed by atoms with E-state index in [1.165, 1.54) is 33.3 Å². The number of amides is 1. The van der Waals surface area contributed by atoms with Gasteiger partial charge in [0.1, 0.15) is 12.7 Å². The molecule has 1 aliphatic carbocycles. The van der Waals surface area contributed by atoms with Gasteiger partial charge in [0.2, 0.25) is 5.91 Å². The first-order valence-corrected chi connectivity index (χ1v) is 10.8. The van der Waals surface area contributed by atoms with E-state index < -0.39 is 0 Å². The molecule has 1 heterocycles. The number of rotatable bonds is 7. The number of nitrogens with one attached hydrogen (secondary N) is 1. The Bertz CT molecular complexity index is 510. The minimum Gasteiger partial charge on any atom is -0.462 e. The molecule has 0 bridgehead atoms. The zero-order chi connectivity index (χ0) is 20.7. The van der Waals surface area contributed by atoms with Crippen LogP contribution in [0.25, 0.3) is 0 Å². The van der Waals surface area contributed by atoms with Crippen molar-refractivity contribution in [2.45, 2.75) is 103 Å². The largest absolute Gasteiger partial charge is 0.462 e. The number of esters is 1. The molecule has 6 nitrogen and oxygen atoms in total. The Labute approximate surface area is 170 Å². The summed E-state index contributed by atoms with van der Waals surface area (Å²) >= 11 is 0. The van der Waals surface area contributed by atoms with Crippen LogP contribution in [0.15, 0.2) is 0 Å². The number of ether oxygens (including phenoxy) is 3. The van der Waals surface area contributed by atoms with Crippen molar-refractivity contribution in [3.05, 3.63) is 0 Å². The van der Waals surface area contributed by atoms with Crippen molar-refractivity contribution in [1.29, 1.82) is 0 Å². The molecule has 1 saturated carbocycles. The van der Waals surface area contributed by atoms with E-state index in [0.717, 1.165) is 25.7 Å². The van der Waals surface area contributed by atoms with Crippen LogP contribution in [0.2, 0.25) is 0 Å². The van der Waals surface area contributed by atoms with Gasteiger partial charge >= 0.3 is 5.97 Å². The standard InChI is InChI=1S/C22H39NO5/c1-15(24)27-19(16-9-7-6-8-10-16)13-18-11-17(23-21(25)14-26-5)12-20(28-18)22(2,3)4/h16-20H,6-14H2,1-5H3,(H,23,25)/t17?,18-,19+,20+/m0/s1. The van der Waals surface area contributed by atoms with E-state index >= 15 is 0 Å². The van der Waals surface area contributed by atoms with E-state index in [-0.39, 0.29) is 48.3 Å². The fourth-order valence-electron chi connectivity index (χ4n) is 4.56. The summed E-state index contributed by atoms with van der Waals surface area (Å²) in [6, 6.07) is 0.0509. The number of hydrogen-bond donors (Lipinski definition) is 1. The lowest BCUT2D eigenvalue weighted by molar-refractivity contribution is -0.159. The molecule has 6 heteroatoms. The topological polar surface area (TPSA) is 73.9 Å². The molecule has 28 heavy (non-hydrogen) atoms. The van der Waals surface area contributed by atoms with Gasteiger partial charge in [-0.1, -0.05) is 40.0 Å². The lowest BCUT2D eigenvalue weighted by Gasteiger charge is -2.43. The molecular formula is C22H39NO5. The van der Waals surface area contributed by atoms with E-state index in [1.54, 1.807) is 0 Å². The summed E-state index contributed by atoms with van der Waals surface area (Å²) < 4.78 is 17.1. The molecule has 1 amide bonds. The molecular weight excluding hydrogens is 358 g/mol. The quantitative estimate of drug-likeness (QED) is 0.664. The van der Waals surface area contributed by atoms with Gasteiger partial charge in [-0.15, -0.1) is 0 Å². The van der Waals surface area contributed by atoms with Gasteiger partial charge in [0, 0.05) is 26.5 Å². The molecule has 2 rings (SSSR count). The maximum Gasteiger partial charge on any atom is 0.302 e. The van der Waals surface area contributed by atoms with Gasteiger partial charge in [-0.3, -0.25) is 9.59 Å². The van der Waals surface area contributed by atoms with Crippen molar-refractivity contribution in [3.63, 3.8) is 0 Å². The number of hydrogen-bond acceptors (Lipinski definition) is 5. The first-order chi connectivity index (χ1) is 13.2. The Morgan fingerprint density at radius 1 is 1.14 bits per heavy atom. The van der Waals surface area contributed by atoms with Crippen LogP contribution in [0.5, 0.6) is 0 Å². The van der Waals surface area contributed by atoms with E-state index in [0.29, 0.717) is 12.3 Å². The van der Waals surface area contributed by atoms with Gasteiger partial charge in [-0.25, -0.2) is 0 Å². The molecule has 1 saturated heterocycles. The Morgan fingerprint density at radius 2 is 1.82 bits per heavy atom. The highest BCUT2D eigenvalue weighted by molar-refractivity contribution is 5.77. The minimum atomic E-state index is -0.219. The van der Waals surface area contributed by atoms with E-state index in [9.17, 15) is 9.59 Å². The molecule has 2 fully saturated rings. The zero-order valence-electron chi connectivity index (χ0n) is 18.3. The zero-order valence-corrected chi connectivity index (χ0v) is 18.3. The molecule has 1 aliphatic heterocycles. The highest BCUT2D eigenvalue weighted by atomic mass is 16.5. The summed E-state index contributed by atoms with van der Waals surface area (Å²) in [6.07, 6.45) is 8.04. The first kappa shape index (κ1) is 23.1. The van der Waals surface area contributed by atoms with Gasteiger partial charge < -0.3 is 19.5 Å². The maximum absolute atomic E-state index is 12.0. The Morgan fingerprint density at radius 3 is 2.39 bits per heavy atom. The van der Waals surface area contributed by atoms with Crippen molar-refractivity contribution in [2.24, 2.45) is 11.3 Å². The summed E-state index contributed by atoms with van der Waals surface area (Å²) in [4.78, 5) is 23.8. The van der Waals surface area contributed by atoms with Crippen LogP contribution < -0.4 is 5.32 Å². The third kappa shape index (κ3) is 7.36. The first-order valence-electron chi connectivity index (χ1n) is 10.8. The highest BCUT2D eigenvalue weighted by Crippen LogP contribution is 2.36. The van der Waals surface area contributed by atoms with Crippen LogP contribution >= 0.6 is 0 Å². The highest BCUT2D eigenvalue weighted by Gasteiger charge is 2.39. The molecule has 4 atom stereocenters. The SMILES string of the molecule is COCC(=O)NC1C[C@@H](C[C@@H](OC(C)=O)C2CCCCC2)O[C@@H](C(C)(C)C)C1. The van der Waals surface area contributed by atoms with Crippen molar-refractivity contribution in [1.82, 2.24) is 5.32 Å². The molecule has 2 aliphatic rings. The molecule has 0 aromatic heterocycles. The van der Waals surface area contributed by atoms with Crippen molar-refractivity contribution in [2.75, 3.05) is 13.7 Å². The third-order valence-corrected chi connectivity index (χ3v) is 6.00. The van der Waals surface area contributed by atoms with Gasteiger partial charge in [-0.2, -0.15) is 0 Å². The number of carbonyl (C=O) groups is 2. The summed E-state index contributed by atoms with van der Waals surface area (Å²) in [5, 5.41) is 3.09. The lowest BCUT2D eigenvalue weighted by atomic mass is 9.79. The Balaban J connectivity index is 2.07. The average molecular weight is 398 g/mol. The van der Waals surface area contributed by atoms with Gasteiger partial charge in [0.05, 0.1) is 12.2 Å². The summed E-state index contributed by atoms with van der Waals surface area (Å²) in [5.41, 5.74) is -0.0231. The molecule has 0 aromatic rings. The van der Waals surface area contributed by atoms with Crippen LogP contribution in [0, 0.1) is 11.3 Å². The maximum atomic E-state index is 12.0. The lowest BCUT2D eigenvalue weighted by Crippen LogP contribution is -2.50. The summed E-state index contributed by atoms with van der Waals surface area (Å²) in [7, 11) is 1.53. The fourth-order valence-corrected chi connectivity index (χ4v) is 4.56. The second-order valence-electron chi connectivity index (χ2n) is 9.56. The van der Waals surface area contributed by atoms with E-state index in [2.05, 4.69) is 26.1 Å². The predicted molar refractivity (Wildman–Crippen MR) is 108 cm³/mol. The van der Waals surface area contributed by atoms with Gasteiger partial charge in [0.25, 0.3) is 0 Å². The van der Waals surface area contributed by atoms with E-state index in [4.69, 9.17) is 14.2 Å². The molecule has 0 spiro atoms. The van der Waals surface area contributed by atoms with Crippen molar-refractivity contribution in [3.8, 4) is 0 Å². The van der Waals surface area contributed by atoms with Crippen LogP contribution in [-0.2, 0) is 23.8 Å². The Kier molecular flexibility index (Phi) is 8.75. The van der Waals surface area contributed by atoms with Crippen molar-refractivity contribution < 1.29 is 23.8 Å². The molecule has 0 aromatic carbocycles. The van der Waals surface area contributed by atoms with Crippen LogP contribution in [0.3, 0.4) is 0 Å². The van der Waals surface area contributed by atoms with Gasteiger partial charge in [-0.05, 0) is 37.0 Å². The van der Waals surface area contributed by atoms with Gasteiger partial charge in [0.15, 0.2) is 0 Å². The molecule has 1 unspecified atom stereocenters. The third-order valence-electron chi connectivity index (χ3n) is 6.00. The number of carbonyl (C=O) groups excluding carboxylic acids is 2.